The Kier molecular flexibility index (Phi) is 5.25. The van der Waals surface area contributed by atoms with Crippen molar-refractivity contribution in [1.29, 1.82) is 0 Å². The van der Waals surface area contributed by atoms with Gasteiger partial charge in [-0.1, -0.05) is 6.92 Å². The maximum Gasteiger partial charge on any atom is 0.317 e. The lowest BCUT2D eigenvalue weighted by Gasteiger charge is -2.30. The number of hydrogen-bond acceptors (Lipinski definition) is 2. The highest BCUT2D eigenvalue weighted by atomic mass is 16.2. The molecule has 0 aliphatic carbocycles. The zero-order valence-corrected chi connectivity index (χ0v) is 11.0. The molecule has 0 aromatic heterocycles. The quantitative estimate of drug-likeness (QED) is 0.773. The summed E-state index contributed by atoms with van der Waals surface area (Å²) in [4.78, 5) is 24.9. The van der Waals surface area contributed by atoms with Crippen molar-refractivity contribution in [3.05, 3.63) is 0 Å². The number of likely N-dealkylation sites (tertiary alicyclic amines) is 1. The van der Waals surface area contributed by atoms with Crippen LogP contribution in [0, 0.1) is 5.92 Å². The molecule has 5 nitrogen and oxygen atoms in total. The van der Waals surface area contributed by atoms with Crippen LogP contribution in [0.3, 0.4) is 0 Å². The lowest BCUT2D eigenvalue weighted by Crippen LogP contribution is -2.48. The van der Waals surface area contributed by atoms with Crippen molar-refractivity contribution >= 4 is 11.9 Å². The van der Waals surface area contributed by atoms with E-state index in [1.54, 1.807) is 4.90 Å². The molecule has 1 heterocycles. The first-order valence-electron chi connectivity index (χ1n) is 6.31. The third-order valence-corrected chi connectivity index (χ3v) is 2.79. The normalized spacial score (nSPS) is 20.2. The Labute approximate surface area is 103 Å². The number of carbonyl (C=O) groups excluding carboxylic acids is 2. The summed E-state index contributed by atoms with van der Waals surface area (Å²) in [5, 5.41) is 5.39. The third-order valence-electron chi connectivity index (χ3n) is 2.79. The Morgan fingerprint density at radius 1 is 1.41 bits per heavy atom. The summed E-state index contributed by atoms with van der Waals surface area (Å²) in [5.74, 6) is 0.414. The molecule has 1 aliphatic rings. The van der Waals surface area contributed by atoms with E-state index in [1.807, 2.05) is 13.8 Å². The summed E-state index contributed by atoms with van der Waals surface area (Å²) in [6, 6.07) is -0.0233. The largest absolute Gasteiger partial charge is 0.352 e. The highest BCUT2D eigenvalue weighted by molar-refractivity contribution is 5.84. The van der Waals surface area contributed by atoms with Crippen molar-refractivity contribution in [3.63, 3.8) is 0 Å². The standard InChI is InChI=1S/C12H23N3O2/c1-9(2)14-11(16)7-13-12(17)15-6-4-5-10(3)8-15/h9-10H,4-8H2,1-3H3,(H,13,17)(H,14,16). The molecule has 0 radical (unpaired) electrons. The third kappa shape index (κ3) is 5.06. The van der Waals surface area contributed by atoms with Crippen molar-refractivity contribution in [1.82, 2.24) is 15.5 Å². The molecule has 17 heavy (non-hydrogen) atoms. The first-order valence-corrected chi connectivity index (χ1v) is 6.31. The van der Waals surface area contributed by atoms with E-state index in [0.717, 1.165) is 19.5 Å². The Bertz CT molecular complexity index is 279. The predicted molar refractivity (Wildman–Crippen MR) is 66.6 cm³/mol. The summed E-state index contributed by atoms with van der Waals surface area (Å²) in [5.41, 5.74) is 0. The fourth-order valence-corrected chi connectivity index (χ4v) is 2.01. The molecule has 0 aromatic rings. The molecule has 1 rings (SSSR count). The molecule has 98 valence electrons. The van der Waals surface area contributed by atoms with Crippen molar-refractivity contribution in [2.24, 2.45) is 5.92 Å². The van der Waals surface area contributed by atoms with Gasteiger partial charge in [0.1, 0.15) is 0 Å². The van der Waals surface area contributed by atoms with E-state index in [1.165, 1.54) is 6.42 Å². The van der Waals surface area contributed by atoms with E-state index >= 15 is 0 Å². The topological polar surface area (TPSA) is 61.4 Å². The number of nitrogens with zero attached hydrogens (tertiary/aromatic N) is 1. The summed E-state index contributed by atoms with van der Waals surface area (Å²) in [7, 11) is 0. The first kappa shape index (κ1) is 13.8. The fourth-order valence-electron chi connectivity index (χ4n) is 2.01. The predicted octanol–water partition coefficient (Wildman–Crippen LogP) is 0.952. The van der Waals surface area contributed by atoms with Gasteiger partial charge in [0.05, 0.1) is 6.54 Å². The van der Waals surface area contributed by atoms with Gasteiger partial charge >= 0.3 is 6.03 Å². The van der Waals surface area contributed by atoms with Gasteiger partial charge in [-0.3, -0.25) is 4.79 Å². The smallest absolute Gasteiger partial charge is 0.317 e. The molecule has 2 N–H and O–H groups in total. The first-order chi connectivity index (χ1) is 7.99. The van der Waals surface area contributed by atoms with Crippen LogP contribution in [0.25, 0.3) is 0 Å². The van der Waals surface area contributed by atoms with Crippen LogP contribution in [0.1, 0.15) is 33.6 Å². The molecule has 3 amide bonds. The summed E-state index contributed by atoms with van der Waals surface area (Å²) >= 11 is 0. The number of rotatable bonds is 3. The fraction of sp³-hybridized carbons (Fsp3) is 0.833. The molecule has 0 bridgehead atoms. The minimum absolute atomic E-state index is 0.0574. The molecular formula is C12H23N3O2. The van der Waals surface area contributed by atoms with Gasteiger partial charge < -0.3 is 15.5 Å². The SMILES string of the molecule is CC1CCCN(C(=O)NCC(=O)NC(C)C)C1. The minimum atomic E-state index is -0.140. The zero-order chi connectivity index (χ0) is 12.8. The molecule has 1 fully saturated rings. The summed E-state index contributed by atoms with van der Waals surface area (Å²) in [6.07, 6.45) is 2.23. The number of carbonyl (C=O) groups is 2. The molecule has 0 aromatic carbocycles. The van der Waals surface area contributed by atoms with E-state index < -0.39 is 0 Å². The Morgan fingerprint density at radius 2 is 2.12 bits per heavy atom. The Morgan fingerprint density at radius 3 is 2.71 bits per heavy atom. The number of piperidine rings is 1. The van der Waals surface area contributed by atoms with Gasteiger partial charge in [-0.25, -0.2) is 4.79 Å². The molecule has 1 atom stereocenters. The van der Waals surface area contributed by atoms with Crippen LogP contribution < -0.4 is 10.6 Å². The Balaban J connectivity index is 2.26. The van der Waals surface area contributed by atoms with E-state index in [4.69, 9.17) is 0 Å². The summed E-state index contributed by atoms with van der Waals surface area (Å²) in [6.45, 7) is 7.57. The van der Waals surface area contributed by atoms with Gasteiger partial charge in [0.2, 0.25) is 5.91 Å². The number of nitrogens with one attached hydrogen (secondary N) is 2. The average molecular weight is 241 g/mol. The van der Waals surface area contributed by atoms with Crippen molar-refractivity contribution in [3.8, 4) is 0 Å². The van der Waals surface area contributed by atoms with Crippen molar-refractivity contribution < 1.29 is 9.59 Å². The van der Waals surface area contributed by atoms with Crippen LogP contribution >= 0.6 is 0 Å². The van der Waals surface area contributed by atoms with E-state index in [9.17, 15) is 9.59 Å². The van der Waals surface area contributed by atoms with Crippen molar-refractivity contribution in [2.45, 2.75) is 39.7 Å². The maximum atomic E-state index is 11.8. The van der Waals surface area contributed by atoms with Crippen LogP contribution in [0.2, 0.25) is 0 Å². The lowest BCUT2D eigenvalue weighted by atomic mass is 10.0. The molecule has 0 spiro atoms. The van der Waals surface area contributed by atoms with Crippen LogP contribution in [-0.4, -0.2) is 42.5 Å². The number of urea groups is 1. The van der Waals surface area contributed by atoms with Gasteiger partial charge in [0.15, 0.2) is 0 Å². The van der Waals surface area contributed by atoms with Crippen LogP contribution in [0.4, 0.5) is 4.79 Å². The minimum Gasteiger partial charge on any atom is -0.352 e. The highest BCUT2D eigenvalue weighted by Gasteiger charge is 2.20. The van der Waals surface area contributed by atoms with Crippen molar-refractivity contribution in [2.75, 3.05) is 19.6 Å². The van der Waals surface area contributed by atoms with E-state index in [0.29, 0.717) is 5.92 Å². The van der Waals surface area contributed by atoms with Crippen LogP contribution in [0.5, 0.6) is 0 Å². The second-order valence-electron chi connectivity index (χ2n) is 5.07. The molecule has 0 saturated carbocycles. The van der Waals surface area contributed by atoms with Crippen LogP contribution in [-0.2, 0) is 4.79 Å². The number of hydrogen-bond donors (Lipinski definition) is 2. The maximum absolute atomic E-state index is 11.8. The summed E-state index contributed by atoms with van der Waals surface area (Å²) < 4.78 is 0. The van der Waals surface area contributed by atoms with Gasteiger partial charge in [-0.15, -0.1) is 0 Å². The van der Waals surface area contributed by atoms with Gasteiger partial charge in [-0.2, -0.15) is 0 Å². The van der Waals surface area contributed by atoms with Crippen LogP contribution in [0.15, 0.2) is 0 Å². The second-order valence-corrected chi connectivity index (χ2v) is 5.07. The Hall–Kier alpha value is -1.26. The average Bonchev–Trinajstić information content (AvgIpc) is 2.25. The van der Waals surface area contributed by atoms with E-state index in [-0.39, 0.29) is 24.5 Å². The van der Waals surface area contributed by atoms with Gasteiger partial charge in [0.25, 0.3) is 0 Å². The molecule has 1 unspecified atom stereocenters. The molecule has 5 heteroatoms. The zero-order valence-electron chi connectivity index (χ0n) is 11.0. The lowest BCUT2D eigenvalue weighted by molar-refractivity contribution is -0.120. The van der Waals surface area contributed by atoms with Gasteiger partial charge in [-0.05, 0) is 32.6 Å². The number of amides is 3. The van der Waals surface area contributed by atoms with E-state index in [2.05, 4.69) is 17.6 Å². The highest BCUT2D eigenvalue weighted by Crippen LogP contribution is 2.14. The molecular weight excluding hydrogens is 218 g/mol. The molecule has 1 saturated heterocycles. The monoisotopic (exact) mass is 241 g/mol. The second kappa shape index (κ2) is 6.47. The molecule has 1 aliphatic heterocycles. The van der Waals surface area contributed by atoms with Gasteiger partial charge in [0, 0.05) is 19.1 Å².